The molecular weight excluding hydrogens is 538 g/mol. The first-order valence-electron chi connectivity index (χ1n) is 17.0. The van der Waals surface area contributed by atoms with Gasteiger partial charge in [0.05, 0.1) is 28.7 Å². The average molecular weight is 592 g/mol. The fraction of sp³-hybridized carbons (Fsp3) is 0.550. The number of aromatic amines is 1. The summed E-state index contributed by atoms with van der Waals surface area (Å²) in [7, 11) is 2.32. The van der Waals surface area contributed by atoms with E-state index in [1.165, 1.54) is 99.2 Å². The van der Waals surface area contributed by atoms with Gasteiger partial charge < -0.3 is 14.3 Å². The molecule has 7 rings (SSSR count). The third kappa shape index (κ3) is 3.32. The molecule has 234 valence electrons. The van der Waals surface area contributed by atoms with Gasteiger partial charge in [0.15, 0.2) is 0 Å². The highest BCUT2D eigenvalue weighted by Gasteiger charge is 2.47. The molecule has 0 aliphatic carbocycles. The van der Waals surface area contributed by atoms with Crippen LogP contribution in [0.1, 0.15) is 109 Å². The van der Waals surface area contributed by atoms with Crippen LogP contribution < -0.4 is 0 Å². The van der Waals surface area contributed by atoms with Crippen molar-refractivity contribution in [2.45, 2.75) is 115 Å². The van der Waals surface area contributed by atoms with Gasteiger partial charge in [-0.2, -0.15) is 0 Å². The van der Waals surface area contributed by atoms with Crippen molar-refractivity contribution >= 4 is 43.6 Å². The van der Waals surface area contributed by atoms with Crippen LogP contribution in [0.4, 0.5) is 0 Å². The molecule has 4 heterocycles. The highest BCUT2D eigenvalue weighted by Crippen LogP contribution is 2.56. The lowest BCUT2D eigenvalue weighted by atomic mass is 9.77. The van der Waals surface area contributed by atoms with Gasteiger partial charge in [-0.25, -0.2) is 0 Å². The Labute approximate surface area is 264 Å². The van der Waals surface area contributed by atoms with Crippen LogP contribution in [-0.2, 0) is 10.5 Å². The van der Waals surface area contributed by atoms with Crippen LogP contribution >= 0.6 is 0 Å². The standard InChI is InChI=1S/C40H53N3O/c1-17-16-44-40(14,27(11)18(17)2)43-38-26(10)22(6)20(4)24(8)31(38)35-33-29(13)42(15)28(12)32(33)34-30-23(7)19(3)21(5)25(9)36(30)41-37(34)39(35)43/h17-18,27-29,41H,16H2,1-15H3. The number of aromatic nitrogens is 2. The molecule has 2 aliphatic rings. The number of benzene rings is 3. The third-order valence-corrected chi connectivity index (χ3v) is 13.8. The van der Waals surface area contributed by atoms with Gasteiger partial charge in [0.1, 0.15) is 5.72 Å². The zero-order valence-electron chi connectivity index (χ0n) is 29.9. The molecule has 2 aromatic heterocycles. The normalized spacial score (nSPS) is 27.9. The molecule has 4 heteroatoms. The van der Waals surface area contributed by atoms with Crippen molar-refractivity contribution in [3.05, 3.63) is 55.6 Å². The first-order chi connectivity index (χ1) is 20.6. The molecule has 5 aromatic rings. The summed E-state index contributed by atoms with van der Waals surface area (Å²) >= 11 is 0. The van der Waals surface area contributed by atoms with Crippen molar-refractivity contribution in [1.82, 2.24) is 14.5 Å². The Morgan fingerprint density at radius 2 is 1.14 bits per heavy atom. The Balaban J connectivity index is 1.87. The summed E-state index contributed by atoms with van der Waals surface area (Å²) in [5.41, 5.74) is 19.0. The van der Waals surface area contributed by atoms with E-state index in [1.807, 2.05) is 0 Å². The predicted octanol–water partition coefficient (Wildman–Crippen LogP) is 10.6. The number of hydrogen-bond acceptors (Lipinski definition) is 2. The summed E-state index contributed by atoms with van der Waals surface area (Å²) in [6.45, 7) is 33.8. The number of aryl methyl sites for hydroxylation is 4. The molecule has 0 radical (unpaired) electrons. The van der Waals surface area contributed by atoms with Crippen LogP contribution in [0.15, 0.2) is 0 Å². The molecular formula is C40H53N3O. The Bertz CT molecular complexity index is 2070. The van der Waals surface area contributed by atoms with Gasteiger partial charge in [0.25, 0.3) is 0 Å². The van der Waals surface area contributed by atoms with E-state index < -0.39 is 5.72 Å². The van der Waals surface area contributed by atoms with Crippen molar-refractivity contribution in [2.75, 3.05) is 13.7 Å². The number of nitrogens with one attached hydrogen (secondary N) is 1. The minimum absolute atomic E-state index is 0.307. The van der Waals surface area contributed by atoms with Crippen LogP contribution in [0.2, 0.25) is 0 Å². The topological polar surface area (TPSA) is 33.2 Å². The first kappa shape index (κ1) is 29.9. The zero-order chi connectivity index (χ0) is 32.1. The van der Waals surface area contributed by atoms with Gasteiger partial charge >= 0.3 is 0 Å². The van der Waals surface area contributed by atoms with E-state index >= 15 is 0 Å². The fourth-order valence-corrected chi connectivity index (χ4v) is 9.42. The second-order valence-electron chi connectivity index (χ2n) is 15.2. The quantitative estimate of drug-likeness (QED) is 0.210. The molecule has 4 nitrogen and oxygen atoms in total. The molecule has 3 aromatic carbocycles. The van der Waals surface area contributed by atoms with Crippen LogP contribution in [-0.4, -0.2) is 28.1 Å². The lowest BCUT2D eigenvalue weighted by Gasteiger charge is -2.48. The van der Waals surface area contributed by atoms with Gasteiger partial charge in [-0.15, -0.1) is 0 Å². The maximum atomic E-state index is 7.12. The van der Waals surface area contributed by atoms with Crippen molar-refractivity contribution in [2.24, 2.45) is 17.8 Å². The largest absolute Gasteiger partial charge is 0.355 e. The number of fused-ring (bicyclic) bond motifs is 10. The maximum Gasteiger partial charge on any atom is 0.145 e. The maximum absolute atomic E-state index is 7.12. The van der Waals surface area contributed by atoms with E-state index in [9.17, 15) is 0 Å². The number of ether oxygens (including phenoxy) is 1. The van der Waals surface area contributed by atoms with Gasteiger partial charge in [-0.05, 0) is 151 Å². The average Bonchev–Trinajstić information content (AvgIpc) is 3.63. The summed E-state index contributed by atoms with van der Waals surface area (Å²) in [4.78, 5) is 6.73. The summed E-state index contributed by atoms with van der Waals surface area (Å²) in [5.74, 6) is 1.41. The van der Waals surface area contributed by atoms with E-state index in [4.69, 9.17) is 4.74 Å². The van der Waals surface area contributed by atoms with E-state index in [2.05, 4.69) is 118 Å². The molecule has 44 heavy (non-hydrogen) atoms. The van der Waals surface area contributed by atoms with Crippen LogP contribution in [0.3, 0.4) is 0 Å². The van der Waals surface area contributed by atoms with E-state index in [1.54, 1.807) is 0 Å². The van der Waals surface area contributed by atoms with E-state index in [-0.39, 0.29) is 0 Å². The summed E-state index contributed by atoms with van der Waals surface area (Å²) in [5, 5.41) is 5.70. The van der Waals surface area contributed by atoms with E-state index in [0.29, 0.717) is 29.8 Å². The predicted molar refractivity (Wildman–Crippen MR) is 188 cm³/mol. The third-order valence-electron chi connectivity index (χ3n) is 13.8. The fourth-order valence-electron chi connectivity index (χ4n) is 9.42. The first-order valence-corrected chi connectivity index (χ1v) is 17.0. The molecule has 6 unspecified atom stereocenters. The van der Waals surface area contributed by atoms with Gasteiger partial charge in [0, 0.05) is 39.5 Å². The second-order valence-corrected chi connectivity index (χ2v) is 15.2. The van der Waals surface area contributed by atoms with Gasteiger partial charge in [0.2, 0.25) is 0 Å². The number of rotatable bonds is 1. The highest BCUT2D eigenvalue weighted by molar-refractivity contribution is 6.27. The molecule has 0 bridgehead atoms. The molecule has 0 amide bonds. The Morgan fingerprint density at radius 3 is 1.75 bits per heavy atom. The minimum Gasteiger partial charge on any atom is -0.355 e. The molecule has 0 saturated carbocycles. The molecule has 2 aliphatic heterocycles. The monoisotopic (exact) mass is 591 g/mol. The Kier molecular flexibility index (Phi) is 6.35. The highest BCUT2D eigenvalue weighted by atomic mass is 16.5. The lowest BCUT2D eigenvalue weighted by molar-refractivity contribution is -0.191. The Morgan fingerprint density at radius 1 is 0.614 bits per heavy atom. The van der Waals surface area contributed by atoms with Crippen molar-refractivity contribution < 1.29 is 4.74 Å². The van der Waals surface area contributed by atoms with Crippen molar-refractivity contribution in [3.63, 3.8) is 0 Å². The molecule has 0 spiro atoms. The van der Waals surface area contributed by atoms with Crippen molar-refractivity contribution in [3.8, 4) is 0 Å². The number of H-pyrrole nitrogens is 1. The van der Waals surface area contributed by atoms with Crippen molar-refractivity contribution in [1.29, 1.82) is 0 Å². The zero-order valence-corrected chi connectivity index (χ0v) is 29.9. The second kappa shape index (κ2) is 9.36. The van der Waals surface area contributed by atoms with Gasteiger partial charge in [-0.3, -0.25) is 4.90 Å². The Hall–Kier alpha value is -2.82. The summed E-state index contributed by atoms with van der Waals surface area (Å²) in [6.07, 6.45) is 0. The lowest BCUT2D eigenvalue weighted by Crippen LogP contribution is -2.49. The van der Waals surface area contributed by atoms with Crippen LogP contribution in [0.25, 0.3) is 43.6 Å². The molecule has 1 fully saturated rings. The van der Waals surface area contributed by atoms with Crippen LogP contribution in [0.5, 0.6) is 0 Å². The SMILES string of the molecule is Cc1c(C)c(C)c2c([nH]c3c2c2c(c4c5c(C)c(C)c(C)c(C)c5n(C5(C)OCC(C)C(C)C5C)c34)C(C)N(C)C2C)c1C. The smallest absolute Gasteiger partial charge is 0.145 e. The molecule has 1 saturated heterocycles. The summed E-state index contributed by atoms with van der Waals surface area (Å²) < 4.78 is 9.81. The molecule has 1 N–H and O–H groups in total. The summed E-state index contributed by atoms with van der Waals surface area (Å²) in [6, 6.07) is 0.626. The minimum atomic E-state index is -0.488. The van der Waals surface area contributed by atoms with Crippen LogP contribution in [0, 0.1) is 73.1 Å². The van der Waals surface area contributed by atoms with E-state index in [0.717, 1.165) is 6.61 Å². The van der Waals surface area contributed by atoms with Gasteiger partial charge in [-0.1, -0.05) is 20.8 Å². The molecule has 6 atom stereocenters. The number of hydrogen-bond donors (Lipinski definition) is 1. The number of nitrogens with zero attached hydrogens (tertiary/aromatic N) is 2.